The fraction of sp³-hybridized carbons (Fsp3) is 0.538. The first-order valence-electron chi connectivity index (χ1n) is 12.2. The Morgan fingerprint density at radius 3 is 2.66 bits per heavy atom. The van der Waals surface area contributed by atoms with Crippen LogP contribution in [0.3, 0.4) is 0 Å². The molecule has 2 amide bonds. The lowest BCUT2D eigenvalue weighted by molar-refractivity contribution is -0.138. The minimum atomic E-state index is -0.372. The lowest BCUT2D eigenvalue weighted by atomic mass is 9.97. The standard InChI is InChI=1S/C26H34N4O5/c1-17-14-30(18(2)16-31)26(33)22-12-21(19-4-8-27-9-5-19)13-28-24(22)35-23(17)15-29(3)25(32)20-6-10-34-11-7-20/h4-5,8-9,12-13,17-18,20,23,31H,6-7,10-11,14-16H2,1-3H3/t17-,18-,23+/m0/s1. The van der Waals surface area contributed by atoms with Crippen molar-refractivity contribution in [1.82, 2.24) is 19.8 Å². The molecule has 2 aliphatic heterocycles. The highest BCUT2D eigenvalue weighted by atomic mass is 16.5. The fourth-order valence-electron chi connectivity index (χ4n) is 4.64. The minimum Gasteiger partial charge on any atom is -0.472 e. The van der Waals surface area contributed by atoms with Crippen molar-refractivity contribution in [2.45, 2.75) is 38.8 Å². The van der Waals surface area contributed by atoms with Crippen molar-refractivity contribution in [3.8, 4) is 17.0 Å². The Morgan fingerprint density at radius 1 is 1.26 bits per heavy atom. The number of amides is 2. The predicted molar refractivity (Wildman–Crippen MR) is 130 cm³/mol. The molecule has 3 atom stereocenters. The molecule has 2 aromatic rings. The maximum Gasteiger partial charge on any atom is 0.259 e. The smallest absolute Gasteiger partial charge is 0.259 e. The monoisotopic (exact) mass is 482 g/mol. The van der Waals surface area contributed by atoms with Gasteiger partial charge in [0.2, 0.25) is 11.8 Å². The number of hydrogen-bond acceptors (Lipinski definition) is 7. The number of ether oxygens (including phenoxy) is 2. The summed E-state index contributed by atoms with van der Waals surface area (Å²) in [6.07, 6.45) is 6.14. The van der Waals surface area contributed by atoms with Crippen LogP contribution in [0.5, 0.6) is 5.88 Å². The highest BCUT2D eigenvalue weighted by Gasteiger charge is 2.35. The number of carbonyl (C=O) groups is 2. The van der Waals surface area contributed by atoms with Gasteiger partial charge in [-0.25, -0.2) is 4.98 Å². The number of aliphatic hydroxyl groups is 1. The van der Waals surface area contributed by atoms with E-state index in [0.29, 0.717) is 31.9 Å². The zero-order valence-electron chi connectivity index (χ0n) is 20.6. The van der Waals surface area contributed by atoms with E-state index in [1.54, 1.807) is 41.5 Å². The van der Waals surface area contributed by atoms with Crippen LogP contribution >= 0.6 is 0 Å². The van der Waals surface area contributed by atoms with E-state index in [2.05, 4.69) is 9.97 Å². The molecule has 4 heterocycles. The van der Waals surface area contributed by atoms with Crippen molar-refractivity contribution in [3.05, 3.63) is 42.4 Å². The average molecular weight is 483 g/mol. The third kappa shape index (κ3) is 5.62. The van der Waals surface area contributed by atoms with E-state index in [1.807, 2.05) is 26.0 Å². The maximum atomic E-state index is 13.6. The summed E-state index contributed by atoms with van der Waals surface area (Å²) in [5, 5.41) is 9.85. The summed E-state index contributed by atoms with van der Waals surface area (Å²) in [6.45, 7) is 5.64. The molecule has 2 aromatic heterocycles. The number of rotatable bonds is 6. The average Bonchev–Trinajstić information content (AvgIpc) is 2.90. The first-order chi connectivity index (χ1) is 16.9. The summed E-state index contributed by atoms with van der Waals surface area (Å²) >= 11 is 0. The number of likely N-dealkylation sites (N-methyl/N-ethyl adjacent to an activating group) is 1. The summed E-state index contributed by atoms with van der Waals surface area (Å²) in [5.41, 5.74) is 2.00. The van der Waals surface area contributed by atoms with Gasteiger partial charge in [0, 0.05) is 62.8 Å². The van der Waals surface area contributed by atoms with Crippen LogP contribution in [-0.4, -0.2) is 88.8 Å². The Labute approximate surface area is 206 Å². The molecule has 1 saturated heterocycles. The van der Waals surface area contributed by atoms with Gasteiger partial charge in [-0.15, -0.1) is 0 Å². The van der Waals surface area contributed by atoms with Crippen LogP contribution in [0.15, 0.2) is 36.8 Å². The highest BCUT2D eigenvalue weighted by Crippen LogP contribution is 2.30. The second-order valence-corrected chi connectivity index (χ2v) is 9.54. The summed E-state index contributed by atoms with van der Waals surface area (Å²) in [7, 11) is 1.80. The lowest BCUT2D eigenvalue weighted by Crippen LogP contribution is -2.51. The van der Waals surface area contributed by atoms with E-state index in [-0.39, 0.29) is 48.3 Å². The van der Waals surface area contributed by atoms with Crippen LogP contribution in [0.1, 0.15) is 37.0 Å². The van der Waals surface area contributed by atoms with Crippen molar-refractivity contribution >= 4 is 11.8 Å². The largest absolute Gasteiger partial charge is 0.472 e. The van der Waals surface area contributed by atoms with E-state index in [4.69, 9.17) is 9.47 Å². The van der Waals surface area contributed by atoms with Crippen LogP contribution in [-0.2, 0) is 9.53 Å². The van der Waals surface area contributed by atoms with E-state index >= 15 is 0 Å². The molecule has 0 spiro atoms. The Bertz CT molecular complexity index is 1030. The second kappa shape index (κ2) is 11.1. The molecular weight excluding hydrogens is 448 g/mol. The van der Waals surface area contributed by atoms with Crippen LogP contribution in [0.2, 0.25) is 0 Å². The third-order valence-electron chi connectivity index (χ3n) is 6.94. The molecule has 0 aromatic carbocycles. The maximum absolute atomic E-state index is 13.6. The van der Waals surface area contributed by atoms with Gasteiger partial charge < -0.3 is 24.4 Å². The number of aromatic nitrogens is 2. The molecule has 35 heavy (non-hydrogen) atoms. The molecule has 188 valence electrons. The number of hydrogen-bond donors (Lipinski definition) is 1. The van der Waals surface area contributed by atoms with E-state index in [0.717, 1.165) is 24.0 Å². The van der Waals surface area contributed by atoms with E-state index in [1.165, 1.54) is 0 Å². The topological polar surface area (TPSA) is 105 Å². The van der Waals surface area contributed by atoms with Crippen LogP contribution < -0.4 is 4.74 Å². The lowest BCUT2D eigenvalue weighted by Gasteiger charge is -2.38. The number of carbonyl (C=O) groups excluding carboxylic acids is 2. The molecule has 4 rings (SSSR count). The Kier molecular flexibility index (Phi) is 7.97. The normalized spacial score (nSPS) is 21.9. The van der Waals surface area contributed by atoms with Gasteiger partial charge in [0.05, 0.1) is 19.2 Å². The molecule has 0 unspecified atom stereocenters. The third-order valence-corrected chi connectivity index (χ3v) is 6.94. The molecule has 0 saturated carbocycles. The van der Waals surface area contributed by atoms with Crippen molar-refractivity contribution in [3.63, 3.8) is 0 Å². The molecule has 2 aliphatic rings. The Balaban J connectivity index is 1.64. The minimum absolute atomic E-state index is 0.0431. The van der Waals surface area contributed by atoms with E-state index in [9.17, 15) is 14.7 Å². The Morgan fingerprint density at radius 2 is 1.97 bits per heavy atom. The van der Waals surface area contributed by atoms with Crippen molar-refractivity contribution in [2.75, 3.05) is 40.0 Å². The number of aliphatic hydroxyl groups excluding tert-OH is 1. The molecule has 0 bridgehead atoms. The molecule has 1 fully saturated rings. The number of fused-ring (bicyclic) bond motifs is 1. The molecular formula is C26H34N4O5. The quantitative estimate of drug-likeness (QED) is 0.673. The number of nitrogens with zero attached hydrogens (tertiary/aromatic N) is 4. The summed E-state index contributed by atoms with van der Waals surface area (Å²) in [6, 6.07) is 5.12. The number of pyridine rings is 2. The van der Waals surface area contributed by atoms with Gasteiger partial charge in [0.1, 0.15) is 11.7 Å². The predicted octanol–water partition coefficient (Wildman–Crippen LogP) is 2.25. The molecule has 0 radical (unpaired) electrons. The van der Waals surface area contributed by atoms with Crippen LogP contribution in [0.25, 0.3) is 11.1 Å². The van der Waals surface area contributed by atoms with Gasteiger partial charge in [-0.05, 0) is 43.5 Å². The van der Waals surface area contributed by atoms with Gasteiger partial charge in [0.25, 0.3) is 5.91 Å². The molecule has 9 heteroatoms. The van der Waals surface area contributed by atoms with Gasteiger partial charge in [-0.1, -0.05) is 6.92 Å². The van der Waals surface area contributed by atoms with Gasteiger partial charge in [0.15, 0.2) is 0 Å². The van der Waals surface area contributed by atoms with Gasteiger partial charge in [-0.2, -0.15) is 0 Å². The van der Waals surface area contributed by atoms with Crippen LogP contribution in [0.4, 0.5) is 0 Å². The first kappa shape index (κ1) is 25.1. The molecule has 0 aliphatic carbocycles. The van der Waals surface area contributed by atoms with Crippen LogP contribution in [0, 0.1) is 11.8 Å². The van der Waals surface area contributed by atoms with Crippen molar-refractivity contribution < 1.29 is 24.2 Å². The zero-order valence-corrected chi connectivity index (χ0v) is 20.6. The Hall–Kier alpha value is -3.04. The molecule has 1 N–H and O–H groups in total. The summed E-state index contributed by atoms with van der Waals surface area (Å²) in [5.74, 6) is -0.0384. The summed E-state index contributed by atoms with van der Waals surface area (Å²) in [4.78, 5) is 38.6. The molecule has 9 nitrogen and oxygen atoms in total. The van der Waals surface area contributed by atoms with E-state index < -0.39 is 0 Å². The van der Waals surface area contributed by atoms with Crippen molar-refractivity contribution in [1.29, 1.82) is 0 Å². The highest BCUT2D eigenvalue weighted by molar-refractivity contribution is 5.98. The second-order valence-electron chi connectivity index (χ2n) is 9.54. The first-order valence-corrected chi connectivity index (χ1v) is 12.2. The fourth-order valence-corrected chi connectivity index (χ4v) is 4.64. The van der Waals surface area contributed by atoms with Gasteiger partial charge in [-0.3, -0.25) is 14.6 Å². The SMILES string of the molecule is C[C@H]1CN([C@@H](C)CO)C(=O)c2cc(-c3ccncc3)cnc2O[C@@H]1CN(C)C(=O)C1CCOCC1. The van der Waals surface area contributed by atoms with Gasteiger partial charge >= 0.3 is 0 Å². The zero-order chi connectivity index (χ0) is 24.9. The summed E-state index contributed by atoms with van der Waals surface area (Å²) < 4.78 is 11.7. The van der Waals surface area contributed by atoms with Crippen molar-refractivity contribution in [2.24, 2.45) is 11.8 Å².